The van der Waals surface area contributed by atoms with Crippen LogP contribution in [0.15, 0.2) is 59.5 Å². The monoisotopic (exact) mass is 377 g/mol. The van der Waals surface area contributed by atoms with E-state index in [2.05, 4.69) is 4.98 Å². The van der Waals surface area contributed by atoms with Crippen LogP contribution in [0.2, 0.25) is 0 Å². The highest BCUT2D eigenvalue weighted by molar-refractivity contribution is 5.91. The van der Waals surface area contributed by atoms with Crippen molar-refractivity contribution in [2.45, 2.75) is 26.2 Å². The van der Waals surface area contributed by atoms with Gasteiger partial charge in [-0.15, -0.1) is 0 Å². The normalized spacial score (nSPS) is 11.6. The van der Waals surface area contributed by atoms with Crippen molar-refractivity contribution in [3.8, 4) is 0 Å². The van der Waals surface area contributed by atoms with E-state index in [-0.39, 0.29) is 30.3 Å². The molecule has 0 N–H and O–H groups in total. The SMILES string of the molecule is CCN(Cc1nccn1Cc1ccccc1C(F)(F)F)C(=O)c1ccco1. The standard InChI is InChI=1S/C19H18F3N3O2/c1-2-24(18(26)16-8-5-11-27-16)13-17-23-9-10-25(17)12-14-6-3-4-7-15(14)19(20,21)22/h3-11H,2,12-13H2,1H3. The van der Waals surface area contributed by atoms with Gasteiger partial charge in [-0.2, -0.15) is 13.2 Å². The lowest BCUT2D eigenvalue weighted by Gasteiger charge is -2.20. The molecule has 5 nitrogen and oxygen atoms in total. The Balaban J connectivity index is 1.82. The van der Waals surface area contributed by atoms with E-state index in [1.807, 2.05) is 6.92 Å². The number of rotatable bonds is 6. The van der Waals surface area contributed by atoms with Gasteiger partial charge in [0.15, 0.2) is 5.76 Å². The first-order chi connectivity index (χ1) is 12.9. The van der Waals surface area contributed by atoms with Crippen molar-refractivity contribution in [2.24, 2.45) is 0 Å². The van der Waals surface area contributed by atoms with Crippen molar-refractivity contribution in [1.82, 2.24) is 14.5 Å². The molecular weight excluding hydrogens is 359 g/mol. The van der Waals surface area contributed by atoms with E-state index < -0.39 is 11.7 Å². The Morgan fingerprint density at radius 2 is 2.00 bits per heavy atom. The summed E-state index contributed by atoms with van der Waals surface area (Å²) in [6.07, 6.45) is 0.0998. The highest BCUT2D eigenvalue weighted by Gasteiger charge is 2.33. The molecule has 0 saturated heterocycles. The second-order valence-corrected chi connectivity index (χ2v) is 5.92. The van der Waals surface area contributed by atoms with Crippen LogP contribution in [0.25, 0.3) is 0 Å². The minimum absolute atomic E-state index is 0.0114. The van der Waals surface area contributed by atoms with Gasteiger partial charge in [-0.1, -0.05) is 18.2 Å². The summed E-state index contributed by atoms with van der Waals surface area (Å²) >= 11 is 0. The predicted molar refractivity (Wildman–Crippen MR) is 91.9 cm³/mol. The molecule has 0 unspecified atom stereocenters. The molecule has 0 aliphatic carbocycles. The first-order valence-corrected chi connectivity index (χ1v) is 8.38. The van der Waals surface area contributed by atoms with Crippen LogP contribution in [0.3, 0.4) is 0 Å². The van der Waals surface area contributed by atoms with Crippen LogP contribution in [0, 0.1) is 0 Å². The van der Waals surface area contributed by atoms with Gasteiger partial charge in [0.2, 0.25) is 0 Å². The summed E-state index contributed by atoms with van der Waals surface area (Å²) in [6, 6.07) is 8.62. The molecule has 8 heteroatoms. The van der Waals surface area contributed by atoms with Crippen molar-refractivity contribution >= 4 is 5.91 Å². The lowest BCUT2D eigenvalue weighted by molar-refractivity contribution is -0.138. The molecule has 0 bridgehead atoms. The number of carbonyl (C=O) groups excluding carboxylic acids is 1. The van der Waals surface area contributed by atoms with Gasteiger partial charge < -0.3 is 13.9 Å². The molecule has 0 radical (unpaired) electrons. The van der Waals surface area contributed by atoms with E-state index in [1.165, 1.54) is 29.5 Å². The van der Waals surface area contributed by atoms with Gasteiger partial charge in [-0.25, -0.2) is 4.98 Å². The Kier molecular flexibility index (Phi) is 5.34. The van der Waals surface area contributed by atoms with Crippen LogP contribution in [0.1, 0.15) is 34.4 Å². The Morgan fingerprint density at radius 3 is 2.67 bits per heavy atom. The minimum atomic E-state index is -4.43. The van der Waals surface area contributed by atoms with Gasteiger partial charge in [0.05, 0.1) is 18.4 Å². The zero-order chi connectivity index (χ0) is 19.4. The summed E-state index contributed by atoms with van der Waals surface area (Å²) in [4.78, 5) is 18.2. The third kappa shape index (κ3) is 4.21. The second kappa shape index (κ2) is 7.69. The number of imidazole rings is 1. The average molecular weight is 377 g/mol. The fourth-order valence-corrected chi connectivity index (χ4v) is 2.81. The number of alkyl halides is 3. The molecule has 2 heterocycles. The number of furan rings is 1. The van der Waals surface area contributed by atoms with Crippen LogP contribution in [-0.2, 0) is 19.3 Å². The Bertz CT molecular complexity index is 901. The van der Waals surface area contributed by atoms with E-state index in [1.54, 1.807) is 29.0 Å². The van der Waals surface area contributed by atoms with Crippen molar-refractivity contribution < 1.29 is 22.4 Å². The Morgan fingerprint density at radius 1 is 1.22 bits per heavy atom. The van der Waals surface area contributed by atoms with Gasteiger partial charge in [0.25, 0.3) is 5.91 Å². The number of hydrogen-bond donors (Lipinski definition) is 0. The fraction of sp³-hybridized carbons (Fsp3) is 0.263. The molecule has 0 aliphatic rings. The lowest BCUT2D eigenvalue weighted by atomic mass is 10.1. The first-order valence-electron chi connectivity index (χ1n) is 8.38. The maximum absolute atomic E-state index is 13.2. The average Bonchev–Trinajstić information content (AvgIpc) is 3.31. The molecule has 3 aromatic rings. The predicted octanol–water partition coefficient (Wildman–Crippen LogP) is 4.21. The number of benzene rings is 1. The van der Waals surface area contributed by atoms with Crippen LogP contribution in [0.5, 0.6) is 0 Å². The highest BCUT2D eigenvalue weighted by atomic mass is 19.4. The van der Waals surface area contributed by atoms with Gasteiger partial charge in [-0.05, 0) is 30.7 Å². The van der Waals surface area contributed by atoms with E-state index in [4.69, 9.17) is 4.42 Å². The van der Waals surface area contributed by atoms with Gasteiger partial charge in [0.1, 0.15) is 5.82 Å². The quantitative estimate of drug-likeness (QED) is 0.647. The molecule has 1 aromatic carbocycles. The minimum Gasteiger partial charge on any atom is -0.459 e. The molecule has 0 atom stereocenters. The van der Waals surface area contributed by atoms with E-state index >= 15 is 0 Å². The smallest absolute Gasteiger partial charge is 0.416 e. The first kappa shape index (κ1) is 18.8. The van der Waals surface area contributed by atoms with Gasteiger partial charge in [0, 0.05) is 25.5 Å². The van der Waals surface area contributed by atoms with Gasteiger partial charge >= 0.3 is 6.18 Å². The lowest BCUT2D eigenvalue weighted by Crippen LogP contribution is -2.31. The van der Waals surface area contributed by atoms with E-state index in [0.717, 1.165) is 6.07 Å². The molecule has 142 valence electrons. The second-order valence-electron chi connectivity index (χ2n) is 5.92. The topological polar surface area (TPSA) is 51.3 Å². The summed E-state index contributed by atoms with van der Waals surface area (Å²) in [5, 5.41) is 0. The molecule has 0 saturated carbocycles. The summed E-state index contributed by atoms with van der Waals surface area (Å²) in [5.74, 6) is 0.402. The third-order valence-electron chi connectivity index (χ3n) is 4.20. The fourth-order valence-electron chi connectivity index (χ4n) is 2.81. The molecule has 1 amide bonds. The molecule has 0 aliphatic heterocycles. The molecule has 0 spiro atoms. The maximum atomic E-state index is 13.2. The van der Waals surface area contributed by atoms with Crippen LogP contribution < -0.4 is 0 Å². The van der Waals surface area contributed by atoms with Crippen LogP contribution in [0.4, 0.5) is 13.2 Å². The zero-order valence-electron chi connectivity index (χ0n) is 14.6. The maximum Gasteiger partial charge on any atom is 0.416 e. The van der Waals surface area contributed by atoms with Crippen molar-refractivity contribution in [3.05, 3.63) is 77.8 Å². The van der Waals surface area contributed by atoms with Crippen molar-refractivity contribution in [3.63, 3.8) is 0 Å². The molecule has 2 aromatic heterocycles. The Labute approximate surface area is 154 Å². The van der Waals surface area contributed by atoms with Crippen molar-refractivity contribution in [2.75, 3.05) is 6.54 Å². The highest BCUT2D eigenvalue weighted by Crippen LogP contribution is 2.32. The van der Waals surface area contributed by atoms with Gasteiger partial charge in [-0.3, -0.25) is 4.79 Å². The third-order valence-corrected chi connectivity index (χ3v) is 4.20. The number of carbonyl (C=O) groups is 1. The number of hydrogen-bond acceptors (Lipinski definition) is 3. The number of nitrogens with zero attached hydrogens (tertiary/aromatic N) is 3. The number of amides is 1. The van der Waals surface area contributed by atoms with E-state index in [9.17, 15) is 18.0 Å². The summed E-state index contributed by atoms with van der Waals surface area (Å²) in [6.45, 7) is 2.40. The molecule has 3 rings (SSSR count). The summed E-state index contributed by atoms with van der Waals surface area (Å²) in [5.41, 5.74) is -0.534. The van der Waals surface area contributed by atoms with Crippen molar-refractivity contribution in [1.29, 1.82) is 0 Å². The molecule has 0 fully saturated rings. The number of halogens is 3. The van der Waals surface area contributed by atoms with Crippen LogP contribution in [-0.4, -0.2) is 26.9 Å². The molecule has 27 heavy (non-hydrogen) atoms. The summed E-state index contributed by atoms with van der Waals surface area (Å²) < 4.78 is 46.4. The summed E-state index contributed by atoms with van der Waals surface area (Å²) in [7, 11) is 0. The van der Waals surface area contributed by atoms with Crippen LogP contribution >= 0.6 is 0 Å². The Hall–Kier alpha value is -3.03. The number of aromatic nitrogens is 2. The molecular formula is C19H18F3N3O2. The zero-order valence-corrected chi connectivity index (χ0v) is 14.6. The largest absolute Gasteiger partial charge is 0.459 e. The van der Waals surface area contributed by atoms with E-state index in [0.29, 0.717) is 12.4 Å².